The van der Waals surface area contributed by atoms with E-state index in [0.29, 0.717) is 13.0 Å². The van der Waals surface area contributed by atoms with E-state index in [9.17, 15) is 4.79 Å². The second-order valence-electron chi connectivity index (χ2n) is 6.71. The van der Waals surface area contributed by atoms with Gasteiger partial charge in [-0.05, 0) is 37.3 Å². The van der Waals surface area contributed by atoms with Gasteiger partial charge in [-0.1, -0.05) is 31.7 Å². The van der Waals surface area contributed by atoms with Crippen LogP contribution in [0, 0.1) is 5.92 Å². The highest BCUT2D eigenvalue weighted by Crippen LogP contribution is 2.28. The van der Waals surface area contributed by atoms with Crippen molar-refractivity contribution in [1.82, 2.24) is 0 Å². The van der Waals surface area contributed by atoms with Crippen LogP contribution >= 0.6 is 0 Å². The highest BCUT2D eigenvalue weighted by molar-refractivity contribution is 5.90. The maximum atomic E-state index is 12.1. The SMILES string of the molecule is O=C(CCC1CCCC1)Nc1cccc(OCC2CCCO2)c1. The molecule has 0 bridgehead atoms. The lowest BCUT2D eigenvalue weighted by Gasteiger charge is -2.13. The van der Waals surface area contributed by atoms with Gasteiger partial charge in [-0.2, -0.15) is 0 Å². The molecule has 0 spiro atoms. The van der Waals surface area contributed by atoms with E-state index in [2.05, 4.69) is 5.32 Å². The van der Waals surface area contributed by atoms with E-state index >= 15 is 0 Å². The summed E-state index contributed by atoms with van der Waals surface area (Å²) in [6.45, 7) is 1.42. The maximum Gasteiger partial charge on any atom is 0.224 e. The van der Waals surface area contributed by atoms with Crippen molar-refractivity contribution in [2.75, 3.05) is 18.5 Å². The Morgan fingerprint density at radius 2 is 2.09 bits per heavy atom. The van der Waals surface area contributed by atoms with E-state index in [1.54, 1.807) is 0 Å². The molecule has 1 atom stereocenters. The fourth-order valence-electron chi connectivity index (χ4n) is 3.49. The normalized spacial score (nSPS) is 21.5. The highest BCUT2D eigenvalue weighted by atomic mass is 16.5. The van der Waals surface area contributed by atoms with Gasteiger partial charge in [0.1, 0.15) is 12.4 Å². The molecule has 4 heteroatoms. The highest BCUT2D eigenvalue weighted by Gasteiger charge is 2.17. The number of nitrogens with one attached hydrogen (secondary N) is 1. The molecule has 1 saturated heterocycles. The number of hydrogen-bond acceptors (Lipinski definition) is 3. The number of carbonyl (C=O) groups is 1. The van der Waals surface area contributed by atoms with Crippen molar-refractivity contribution in [1.29, 1.82) is 0 Å². The van der Waals surface area contributed by atoms with Crippen LogP contribution in [0.1, 0.15) is 51.4 Å². The molecule has 3 rings (SSSR count). The summed E-state index contributed by atoms with van der Waals surface area (Å²) >= 11 is 0. The lowest BCUT2D eigenvalue weighted by molar-refractivity contribution is -0.116. The smallest absolute Gasteiger partial charge is 0.224 e. The summed E-state index contributed by atoms with van der Waals surface area (Å²) in [4.78, 5) is 12.1. The average molecular weight is 317 g/mol. The molecule has 1 heterocycles. The summed E-state index contributed by atoms with van der Waals surface area (Å²) in [5.74, 6) is 1.64. The largest absolute Gasteiger partial charge is 0.491 e. The fourth-order valence-corrected chi connectivity index (χ4v) is 3.49. The standard InChI is InChI=1S/C19H27NO3/c21-19(11-10-15-5-1-2-6-15)20-16-7-3-8-17(13-16)23-14-18-9-4-12-22-18/h3,7-8,13,15,18H,1-2,4-6,9-12,14H2,(H,20,21). The average Bonchev–Trinajstić information content (AvgIpc) is 3.25. The molecule has 1 unspecified atom stereocenters. The van der Waals surface area contributed by atoms with Gasteiger partial charge in [-0.15, -0.1) is 0 Å². The topological polar surface area (TPSA) is 47.6 Å². The number of carbonyl (C=O) groups excluding carboxylic acids is 1. The lowest BCUT2D eigenvalue weighted by Crippen LogP contribution is -2.16. The Morgan fingerprint density at radius 3 is 2.87 bits per heavy atom. The Labute approximate surface area is 138 Å². The van der Waals surface area contributed by atoms with E-state index in [4.69, 9.17) is 9.47 Å². The number of ether oxygens (including phenoxy) is 2. The van der Waals surface area contributed by atoms with E-state index in [1.165, 1.54) is 25.7 Å². The third kappa shape index (κ3) is 5.24. The van der Waals surface area contributed by atoms with Crippen LogP contribution in [0.15, 0.2) is 24.3 Å². The second kappa shape index (κ2) is 8.34. The molecule has 1 amide bonds. The Morgan fingerprint density at radius 1 is 1.22 bits per heavy atom. The second-order valence-corrected chi connectivity index (χ2v) is 6.71. The van der Waals surface area contributed by atoms with Gasteiger partial charge >= 0.3 is 0 Å². The molecule has 2 aliphatic rings. The molecule has 1 saturated carbocycles. The predicted octanol–water partition coefficient (Wildman–Crippen LogP) is 4.15. The van der Waals surface area contributed by atoms with E-state index in [-0.39, 0.29) is 12.0 Å². The zero-order valence-electron chi connectivity index (χ0n) is 13.8. The van der Waals surface area contributed by atoms with Crippen LogP contribution in [0.5, 0.6) is 5.75 Å². The molecule has 126 valence electrons. The molecular formula is C19H27NO3. The zero-order chi connectivity index (χ0) is 15.9. The van der Waals surface area contributed by atoms with E-state index < -0.39 is 0 Å². The summed E-state index contributed by atoms with van der Waals surface area (Å²) in [5, 5.41) is 2.98. The molecule has 2 fully saturated rings. The van der Waals surface area contributed by atoms with Crippen LogP contribution in [0.4, 0.5) is 5.69 Å². The molecule has 4 nitrogen and oxygen atoms in total. The van der Waals surface area contributed by atoms with E-state index in [0.717, 1.165) is 43.2 Å². The number of amides is 1. The minimum Gasteiger partial charge on any atom is -0.491 e. The van der Waals surface area contributed by atoms with Gasteiger partial charge in [-0.3, -0.25) is 4.79 Å². The van der Waals surface area contributed by atoms with Crippen LogP contribution in [0.3, 0.4) is 0 Å². The maximum absolute atomic E-state index is 12.1. The third-order valence-corrected chi connectivity index (χ3v) is 4.83. The Balaban J connectivity index is 1.43. The molecule has 1 aliphatic carbocycles. The van der Waals surface area contributed by atoms with Gasteiger partial charge in [0.2, 0.25) is 5.91 Å². The molecule has 1 aromatic rings. The van der Waals surface area contributed by atoms with Crippen molar-refractivity contribution in [2.45, 2.75) is 57.5 Å². The first-order valence-corrected chi connectivity index (χ1v) is 8.94. The Kier molecular flexibility index (Phi) is 5.92. The molecule has 1 aromatic carbocycles. The number of rotatable bonds is 7. The molecule has 1 aliphatic heterocycles. The first-order valence-electron chi connectivity index (χ1n) is 8.94. The zero-order valence-corrected chi connectivity index (χ0v) is 13.8. The Hall–Kier alpha value is -1.55. The number of hydrogen-bond donors (Lipinski definition) is 1. The first-order chi connectivity index (χ1) is 11.3. The quantitative estimate of drug-likeness (QED) is 0.821. The molecule has 1 N–H and O–H groups in total. The number of anilines is 1. The van der Waals surface area contributed by atoms with Crippen molar-refractivity contribution in [3.63, 3.8) is 0 Å². The van der Waals surface area contributed by atoms with Gasteiger partial charge < -0.3 is 14.8 Å². The van der Waals surface area contributed by atoms with Gasteiger partial charge in [0.05, 0.1) is 6.10 Å². The van der Waals surface area contributed by atoms with Crippen LogP contribution in [0.2, 0.25) is 0 Å². The summed E-state index contributed by atoms with van der Waals surface area (Å²) in [7, 11) is 0. The lowest BCUT2D eigenvalue weighted by atomic mass is 10.0. The molecule has 23 heavy (non-hydrogen) atoms. The van der Waals surface area contributed by atoms with Crippen molar-refractivity contribution in [3.05, 3.63) is 24.3 Å². The van der Waals surface area contributed by atoms with Gasteiger partial charge in [0.25, 0.3) is 0 Å². The van der Waals surface area contributed by atoms with Crippen LogP contribution in [-0.4, -0.2) is 25.2 Å². The van der Waals surface area contributed by atoms with Crippen LogP contribution in [-0.2, 0) is 9.53 Å². The predicted molar refractivity (Wildman–Crippen MR) is 90.7 cm³/mol. The van der Waals surface area contributed by atoms with Crippen molar-refractivity contribution in [2.24, 2.45) is 5.92 Å². The summed E-state index contributed by atoms with van der Waals surface area (Å²) in [5.41, 5.74) is 0.811. The van der Waals surface area contributed by atoms with Gasteiger partial charge in [-0.25, -0.2) is 0 Å². The molecule has 0 radical (unpaired) electrons. The van der Waals surface area contributed by atoms with Crippen LogP contribution in [0.25, 0.3) is 0 Å². The number of benzene rings is 1. The summed E-state index contributed by atoms with van der Waals surface area (Å²) < 4.78 is 11.3. The van der Waals surface area contributed by atoms with Crippen molar-refractivity contribution in [3.8, 4) is 5.75 Å². The fraction of sp³-hybridized carbons (Fsp3) is 0.632. The van der Waals surface area contributed by atoms with Gasteiger partial charge in [0.15, 0.2) is 0 Å². The van der Waals surface area contributed by atoms with Crippen LogP contribution < -0.4 is 10.1 Å². The van der Waals surface area contributed by atoms with Crippen molar-refractivity contribution >= 4 is 11.6 Å². The van der Waals surface area contributed by atoms with Gasteiger partial charge in [0, 0.05) is 24.8 Å². The minimum atomic E-state index is 0.105. The first kappa shape index (κ1) is 16.3. The molecular weight excluding hydrogens is 290 g/mol. The third-order valence-electron chi connectivity index (χ3n) is 4.83. The Bertz CT molecular complexity index is 505. The van der Waals surface area contributed by atoms with Crippen molar-refractivity contribution < 1.29 is 14.3 Å². The minimum absolute atomic E-state index is 0.105. The summed E-state index contributed by atoms with van der Waals surface area (Å²) in [6, 6.07) is 7.63. The monoisotopic (exact) mass is 317 g/mol. The summed E-state index contributed by atoms with van der Waals surface area (Å²) in [6.07, 6.45) is 9.27. The molecule has 0 aromatic heterocycles. The van der Waals surface area contributed by atoms with E-state index in [1.807, 2.05) is 24.3 Å².